The zero-order valence-electron chi connectivity index (χ0n) is 15.0. The maximum absolute atomic E-state index is 12.9. The molecular formula is C19H23NO5S2. The number of ether oxygens (including phenoxy) is 1. The van der Waals surface area contributed by atoms with E-state index in [1.165, 1.54) is 12.1 Å². The van der Waals surface area contributed by atoms with Crippen LogP contribution in [0.15, 0.2) is 59.5 Å². The van der Waals surface area contributed by atoms with E-state index in [-0.39, 0.29) is 16.4 Å². The standard InChI is InChI=1S/C19H23NO5S2/c1-25-18-10-6-5-7-15(18)11-12-20-17-13-26(21,22)14-19(17)27(23,24)16-8-3-2-4-9-16/h2-10,17,19-20H,11-14H2,1H3. The third-order valence-electron chi connectivity index (χ3n) is 4.76. The summed E-state index contributed by atoms with van der Waals surface area (Å²) in [6.45, 7) is 0.460. The van der Waals surface area contributed by atoms with Gasteiger partial charge in [0.1, 0.15) is 5.75 Å². The van der Waals surface area contributed by atoms with Gasteiger partial charge in [0, 0.05) is 6.04 Å². The maximum atomic E-state index is 12.9. The van der Waals surface area contributed by atoms with Crippen molar-refractivity contribution in [1.29, 1.82) is 0 Å². The minimum absolute atomic E-state index is 0.156. The van der Waals surface area contributed by atoms with E-state index < -0.39 is 31.0 Å². The van der Waals surface area contributed by atoms with Crippen molar-refractivity contribution in [3.63, 3.8) is 0 Å². The first kappa shape index (κ1) is 19.9. The van der Waals surface area contributed by atoms with Crippen molar-refractivity contribution in [3.8, 4) is 5.75 Å². The number of hydrogen-bond donors (Lipinski definition) is 1. The molecule has 1 aliphatic heterocycles. The lowest BCUT2D eigenvalue weighted by atomic mass is 10.1. The van der Waals surface area contributed by atoms with Gasteiger partial charge in [-0.3, -0.25) is 0 Å². The Balaban J connectivity index is 1.75. The fourth-order valence-electron chi connectivity index (χ4n) is 3.40. The molecule has 1 saturated heterocycles. The second kappa shape index (κ2) is 8.00. The minimum atomic E-state index is -3.73. The van der Waals surface area contributed by atoms with Crippen LogP contribution in [0.3, 0.4) is 0 Å². The van der Waals surface area contributed by atoms with Crippen LogP contribution in [-0.2, 0) is 26.1 Å². The average molecular weight is 410 g/mol. The molecule has 1 fully saturated rings. The molecule has 0 amide bonds. The third kappa shape index (κ3) is 4.51. The molecule has 8 heteroatoms. The molecule has 27 heavy (non-hydrogen) atoms. The summed E-state index contributed by atoms with van der Waals surface area (Å²) in [5.74, 6) is 0.235. The summed E-state index contributed by atoms with van der Waals surface area (Å²) in [5.41, 5.74) is 0.982. The third-order valence-corrected chi connectivity index (χ3v) is 8.93. The Labute approximate surface area is 160 Å². The number of rotatable bonds is 7. The molecule has 3 rings (SSSR count). The fraction of sp³-hybridized carbons (Fsp3) is 0.368. The molecular weight excluding hydrogens is 386 g/mol. The SMILES string of the molecule is COc1ccccc1CCNC1CS(=O)(=O)CC1S(=O)(=O)c1ccccc1. The molecule has 6 nitrogen and oxygen atoms in total. The molecule has 2 atom stereocenters. The molecule has 0 saturated carbocycles. The van der Waals surface area contributed by atoms with Crippen molar-refractivity contribution in [1.82, 2.24) is 5.32 Å². The first-order valence-electron chi connectivity index (χ1n) is 8.68. The Morgan fingerprint density at radius 3 is 2.41 bits per heavy atom. The van der Waals surface area contributed by atoms with Crippen LogP contribution in [0.5, 0.6) is 5.75 Å². The molecule has 2 unspecified atom stereocenters. The molecule has 0 aliphatic carbocycles. The van der Waals surface area contributed by atoms with E-state index in [4.69, 9.17) is 4.74 Å². The van der Waals surface area contributed by atoms with Gasteiger partial charge in [0.05, 0.1) is 28.8 Å². The van der Waals surface area contributed by atoms with Crippen molar-refractivity contribution in [2.24, 2.45) is 0 Å². The van der Waals surface area contributed by atoms with E-state index in [2.05, 4.69) is 5.32 Å². The Morgan fingerprint density at radius 2 is 1.70 bits per heavy atom. The molecule has 1 N–H and O–H groups in total. The number of methoxy groups -OCH3 is 1. The van der Waals surface area contributed by atoms with Crippen molar-refractivity contribution in [2.45, 2.75) is 22.6 Å². The number of nitrogens with one attached hydrogen (secondary N) is 1. The summed E-state index contributed by atoms with van der Waals surface area (Å²) in [4.78, 5) is 0.156. The van der Waals surface area contributed by atoms with Gasteiger partial charge in [-0.1, -0.05) is 36.4 Å². The molecule has 1 aliphatic rings. The lowest BCUT2D eigenvalue weighted by Gasteiger charge is -2.20. The van der Waals surface area contributed by atoms with Crippen molar-refractivity contribution < 1.29 is 21.6 Å². The second-order valence-electron chi connectivity index (χ2n) is 6.60. The smallest absolute Gasteiger partial charge is 0.183 e. The van der Waals surface area contributed by atoms with Gasteiger partial charge in [0.15, 0.2) is 19.7 Å². The van der Waals surface area contributed by atoms with Gasteiger partial charge in [-0.2, -0.15) is 0 Å². The van der Waals surface area contributed by atoms with Gasteiger partial charge < -0.3 is 10.1 Å². The van der Waals surface area contributed by atoms with Gasteiger partial charge in [-0.25, -0.2) is 16.8 Å². The van der Waals surface area contributed by atoms with Crippen molar-refractivity contribution in [2.75, 3.05) is 25.2 Å². The Bertz CT molecular complexity index is 988. The fourth-order valence-corrected chi connectivity index (χ4v) is 8.14. The zero-order chi connectivity index (χ0) is 19.5. The highest BCUT2D eigenvalue weighted by Crippen LogP contribution is 2.26. The number of hydrogen-bond acceptors (Lipinski definition) is 6. The van der Waals surface area contributed by atoms with Gasteiger partial charge in [-0.15, -0.1) is 0 Å². The molecule has 0 bridgehead atoms. The first-order valence-corrected chi connectivity index (χ1v) is 12.0. The van der Waals surface area contributed by atoms with Crippen LogP contribution in [0.1, 0.15) is 5.56 Å². The van der Waals surface area contributed by atoms with E-state index in [9.17, 15) is 16.8 Å². The highest BCUT2D eigenvalue weighted by atomic mass is 32.2. The number of benzene rings is 2. The van der Waals surface area contributed by atoms with E-state index in [1.54, 1.807) is 25.3 Å². The highest BCUT2D eigenvalue weighted by Gasteiger charge is 2.45. The van der Waals surface area contributed by atoms with Crippen LogP contribution in [0.2, 0.25) is 0 Å². The predicted octanol–water partition coefficient (Wildman–Crippen LogP) is 1.47. The number of para-hydroxylation sites is 1. The average Bonchev–Trinajstić information content (AvgIpc) is 2.98. The van der Waals surface area contributed by atoms with Crippen LogP contribution in [0, 0.1) is 0 Å². The molecule has 2 aromatic rings. The highest BCUT2D eigenvalue weighted by molar-refractivity contribution is 7.96. The summed E-state index contributed by atoms with van der Waals surface area (Å²) in [7, 11) is -5.55. The van der Waals surface area contributed by atoms with Crippen molar-refractivity contribution in [3.05, 3.63) is 60.2 Å². The lowest BCUT2D eigenvalue weighted by Crippen LogP contribution is -2.44. The Kier molecular flexibility index (Phi) is 5.88. The largest absolute Gasteiger partial charge is 0.496 e. The summed E-state index contributed by atoms with van der Waals surface area (Å²) in [6, 6.07) is 15.0. The quantitative estimate of drug-likeness (QED) is 0.745. The number of sulfone groups is 2. The van der Waals surface area contributed by atoms with Gasteiger partial charge in [-0.05, 0) is 36.7 Å². The van der Waals surface area contributed by atoms with Crippen LogP contribution in [0.25, 0.3) is 0 Å². The van der Waals surface area contributed by atoms with Crippen LogP contribution < -0.4 is 10.1 Å². The summed E-state index contributed by atoms with van der Waals surface area (Å²) in [5, 5.41) is 2.17. The second-order valence-corrected chi connectivity index (χ2v) is 10.9. The molecule has 0 spiro atoms. The Hall–Kier alpha value is -1.90. The van der Waals surface area contributed by atoms with Crippen LogP contribution in [-0.4, -0.2) is 53.3 Å². The summed E-state index contributed by atoms with van der Waals surface area (Å²) < 4.78 is 55.5. The molecule has 2 aromatic carbocycles. The summed E-state index contributed by atoms with van der Waals surface area (Å²) in [6.07, 6.45) is 0.610. The van der Waals surface area contributed by atoms with Gasteiger partial charge in [0.25, 0.3) is 0 Å². The van der Waals surface area contributed by atoms with Gasteiger partial charge >= 0.3 is 0 Å². The van der Waals surface area contributed by atoms with Crippen LogP contribution in [0.4, 0.5) is 0 Å². The maximum Gasteiger partial charge on any atom is 0.183 e. The topological polar surface area (TPSA) is 89.5 Å². The van der Waals surface area contributed by atoms with Gasteiger partial charge in [0.2, 0.25) is 0 Å². The van der Waals surface area contributed by atoms with Crippen LogP contribution >= 0.6 is 0 Å². The zero-order valence-corrected chi connectivity index (χ0v) is 16.7. The van der Waals surface area contributed by atoms with E-state index in [0.29, 0.717) is 13.0 Å². The lowest BCUT2D eigenvalue weighted by molar-refractivity contribution is 0.408. The summed E-state index contributed by atoms with van der Waals surface area (Å²) >= 11 is 0. The first-order chi connectivity index (χ1) is 12.8. The monoisotopic (exact) mass is 409 g/mol. The Morgan fingerprint density at radius 1 is 1.04 bits per heavy atom. The van der Waals surface area contributed by atoms with E-state index in [0.717, 1.165) is 11.3 Å². The van der Waals surface area contributed by atoms with E-state index in [1.807, 2.05) is 24.3 Å². The normalized spacial score (nSPS) is 21.8. The molecule has 146 valence electrons. The predicted molar refractivity (Wildman–Crippen MR) is 105 cm³/mol. The molecule has 0 aromatic heterocycles. The molecule has 1 heterocycles. The van der Waals surface area contributed by atoms with E-state index >= 15 is 0 Å². The van der Waals surface area contributed by atoms with Crippen molar-refractivity contribution >= 4 is 19.7 Å². The molecule has 0 radical (unpaired) electrons. The minimum Gasteiger partial charge on any atom is -0.496 e.